The lowest BCUT2D eigenvalue weighted by Crippen LogP contribution is -1.98. The molecule has 0 N–H and O–H groups in total. The molecule has 20 heavy (non-hydrogen) atoms. The highest BCUT2D eigenvalue weighted by Gasteiger charge is 2.19. The van der Waals surface area contributed by atoms with E-state index in [1.807, 2.05) is 48.6 Å². The summed E-state index contributed by atoms with van der Waals surface area (Å²) in [4.78, 5) is 11.3. The summed E-state index contributed by atoms with van der Waals surface area (Å²) in [6.07, 6.45) is 14.2. The molecule has 0 fully saturated rings. The van der Waals surface area contributed by atoms with Crippen molar-refractivity contribution in [1.82, 2.24) is 0 Å². The zero-order valence-corrected chi connectivity index (χ0v) is 11.0. The maximum absolute atomic E-state index is 11.3. The summed E-state index contributed by atoms with van der Waals surface area (Å²) in [5, 5.41) is 0. The minimum Gasteiger partial charge on any atom is -0.423 e. The number of carbonyl (C=O) groups excluding carboxylic acids is 1. The molecule has 0 bridgehead atoms. The summed E-state index contributed by atoms with van der Waals surface area (Å²) in [5.74, 6) is 0.310. The molecule has 3 rings (SSSR count). The first-order valence-corrected chi connectivity index (χ1v) is 6.57. The molecule has 1 aromatic rings. The van der Waals surface area contributed by atoms with Gasteiger partial charge in [0.2, 0.25) is 0 Å². The lowest BCUT2D eigenvalue weighted by molar-refractivity contribution is -0.132. The molecule has 2 aliphatic rings. The van der Waals surface area contributed by atoms with Crippen molar-refractivity contribution in [3.8, 4) is 0 Å². The van der Waals surface area contributed by atoms with Crippen LogP contribution in [0.1, 0.15) is 12.0 Å². The van der Waals surface area contributed by atoms with Crippen LogP contribution in [0.5, 0.6) is 0 Å². The molecule has 98 valence electrons. The number of esters is 1. The van der Waals surface area contributed by atoms with Crippen molar-refractivity contribution >= 4 is 11.5 Å². The largest absolute Gasteiger partial charge is 0.423 e. The van der Waals surface area contributed by atoms with E-state index in [9.17, 15) is 4.79 Å². The first kappa shape index (κ1) is 12.4. The lowest BCUT2D eigenvalue weighted by Gasteiger charge is -2.13. The molecule has 0 atom stereocenters. The van der Waals surface area contributed by atoms with E-state index in [1.165, 1.54) is 6.08 Å². The zero-order chi connectivity index (χ0) is 13.8. The van der Waals surface area contributed by atoms with E-state index in [0.29, 0.717) is 5.76 Å². The molecule has 0 amide bonds. The van der Waals surface area contributed by atoms with Gasteiger partial charge < -0.3 is 4.74 Å². The molecule has 1 aliphatic heterocycles. The van der Waals surface area contributed by atoms with Crippen LogP contribution in [-0.2, 0) is 9.53 Å². The number of benzene rings is 1. The SMILES string of the molecule is O=C1C=C/C(=C(/C2=CC=CC=CC2)c2ccccc2)O1. The van der Waals surface area contributed by atoms with Gasteiger partial charge in [0, 0.05) is 11.6 Å². The number of ether oxygens (including phenoxy) is 1. The van der Waals surface area contributed by atoms with Gasteiger partial charge in [-0.05, 0) is 23.6 Å². The Kier molecular flexibility index (Phi) is 3.46. The fourth-order valence-corrected chi connectivity index (χ4v) is 2.31. The number of allylic oxidation sites excluding steroid dienone is 8. The second kappa shape index (κ2) is 5.57. The van der Waals surface area contributed by atoms with Crippen molar-refractivity contribution < 1.29 is 9.53 Å². The summed E-state index contributed by atoms with van der Waals surface area (Å²) in [6.45, 7) is 0. The number of hydrogen-bond donors (Lipinski definition) is 0. The predicted octanol–water partition coefficient (Wildman–Crippen LogP) is 3.95. The number of carbonyl (C=O) groups is 1. The van der Waals surface area contributed by atoms with Crippen LogP contribution in [0.2, 0.25) is 0 Å². The molecule has 2 nitrogen and oxygen atoms in total. The van der Waals surface area contributed by atoms with Gasteiger partial charge in [-0.3, -0.25) is 0 Å². The third-order valence-electron chi connectivity index (χ3n) is 3.20. The first-order chi connectivity index (χ1) is 9.84. The summed E-state index contributed by atoms with van der Waals surface area (Å²) in [5.41, 5.74) is 3.16. The Labute approximate surface area is 118 Å². The Morgan fingerprint density at radius 2 is 1.85 bits per heavy atom. The van der Waals surface area contributed by atoms with E-state index in [4.69, 9.17) is 4.74 Å². The zero-order valence-electron chi connectivity index (χ0n) is 11.0. The molecular formula is C18H14O2. The maximum atomic E-state index is 11.3. The highest BCUT2D eigenvalue weighted by Crippen LogP contribution is 2.32. The van der Waals surface area contributed by atoms with Crippen molar-refractivity contribution in [3.05, 3.63) is 89.8 Å². The van der Waals surface area contributed by atoms with Crippen LogP contribution in [0.25, 0.3) is 5.57 Å². The van der Waals surface area contributed by atoms with E-state index >= 15 is 0 Å². The smallest absolute Gasteiger partial charge is 0.336 e. The van der Waals surface area contributed by atoms with E-state index in [1.54, 1.807) is 6.08 Å². The van der Waals surface area contributed by atoms with E-state index in [-0.39, 0.29) is 5.97 Å². The van der Waals surface area contributed by atoms with Crippen LogP contribution in [0.15, 0.2) is 84.2 Å². The van der Waals surface area contributed by atoms with Crippen molar-refractivity contribution in [2.45, 2.75) is 6.42 Å². The molecule has 0 radical (unpaired) electrons. The topological polar surface area (TPSA) is 26.3 Å². The van der Waals surface area contributed by atoms with Crippen molar-refractivity contribution in [3.63, 3.8) is 0 Å². The minimum absolute atomic E-state index is 0.311. The molecule has 0 unspecified atom stereocenters. The van der Waals surface area contributed by atoms with E-state index in [2.05, 4.69) is 12.2 Å². The molecular weight excluding hydrogens is 248 g/mol. The van der Waals surface area contributed by atoms with Crippen molar-refractivity contribution in [1.29, 1.82) is 0 Å². The van der Waals surface area contributed by atoms with Crippen LogP contribution in [0.3, 0.4) is 0 Å². The molecule has 0 saturated carbocycles. The second-order valence-electron chi connectivity index (χ2n) is 4.57. The normalized spacial score (nSPS) is 19.6. The Hall–Kier alpha value is -2.61. The lowest BCUT2D eigenvalue weighted by atomic mass is 9.94. The Morgan fingerprint density at radius 1 is 1.00 bits per heavy atom. The predicted molar refractivity (Wildman–Crippen MR) is 79.6 cm³/mol. The maximum Gasteiger partial charge on any atom is 0.336 e. The summed E-state index contributed by atoms with van der Waals surface area (Å²) >= 11 is 0. The monoisotopic (exact) mass is 262 g/mol. The van der Waals surface area contributed by atoms with Crippen LogP contribution in [0, 0.1) is 0 Å². The van der Waals surface area contributed by atoms with Gasteiger partial charge in [-0.2, -0.15) is 0 Å². The van der Waals surface area contributed by atoms with Gasteiger partial charge in [-0.25, -0.2) is 4.79 Å². The molecule has 0 spiro atoms. The van der Waals surface area contributed by atoms with Gasteiger partial charge in [0.1, 0.15) is 5.76 Å². The molecule has 1 aliphatic carbocycles. The third kappa shape index (κ3) is 2.54. The molecule has 2 heteroatoms. The molecule has 0 aromatic heterocycles. The van der Waals surface area contributed by atoms with Gasteiger partial charge in [0.25, 0.3) is 0 Å². The molecule has 1 aromatic carbocycles. The summed E-state index contributed by atoms with van der Waals surface area (Å²) in [6, 6.07) is 10.0. The Bertz CT molecular complexity index is 671. The molecule has 0 saturated heterocycles. The third-order valence-corrected chi connectivity index (χ3v) is 3.20. The molecule has 1 heterocycles. The van der Waals surface area contributed by atoms with Crippen LogP contribution in [0.4, 0.5) is 0 Å². The van der Waals surface area contributed by atoms with Gasteiger partial charge in [-0.15, -0.1) is 0 Å². The number of cyclic esters (lactones) is 1. The quantitative estimate of drug-likeness (QED) is 0.754. The average molecular weight is 262 g/mol. The first-order valence-electron chi connectivity index (χ1n) is 6.57. The van der Waals surface area contributed by atoms with Gasteiger partial charge in [0.05, 0.1) is 0 Å². The highest BCUT2D eigenvalue weighted by atomic mass is 16.5. The van der Waals surface area contributed by atoms with E-state index < -0.39 is 0 Å². The van der Waals surface area contributed by atoms with E-state index in [0.717, 1.165) is 23.1 Å². The number of hydrogen-bond acceptors (Lipinski definition) is 2. The minimum atomic E-state index is -0.311. The van der Waals surface area contributed by atoms with Crippen LogP contribution < -0.4 is 0 Å². The van der Waals surface area contributed by atoms with Crippen molar-refractivity contribution in [2.24, 2.45) is 0 Å². The second-order valence-corrected chi connectivity index (χ2v) is 4.57. The summed E-state index contributed by atoms with van der Waals surface area (Å²) < 4.78 is 5.31. The van der Waals surface area contributed by atoms with Crippen molar-refractivity contribution in [2.75, 3.05) is 0 Å². The average Bonchev–Trinajstić information content (AvgIpc) is 2.74. The van der Waals surface area contributed by atoms with Crippen LogP contribution >= 0.6 is 0 Å². The van der Waals surface area contributed by atoms with Gasteiger partial charge >= 0.3 is 5.97 Å². The number of rotatable bonds is 2. The summed E-state index contributed by atoms with van der Waals surface area (Å²) in [7, 11) is 0. The Morgan fingerprint density at radius 3 is 2.60 bits per heavy atom. The highest BCUT2D eigenvalue weighted by molar-refractivity contribution is 5.92. The standard InChI is InChI=1S/C18H14O2/c19-17-13-12-16(20-17)18(15-10-6-3-7-11-15)14-8-4-1-2-5-9-14/h1-8,10-13H,9H2/b18-16+. The fourth-order valence-electron chi connectivity index (χ4n) is 2.31. The van der Waals surface area contributed by atoms with Gasteiger partial charge in [0.15, 0.2) is 0 Å². The fraction of sp³-hybridized carbons (Fsp3) is 0.0556. The Balaban J connectivity index is 2.12. The van der Waals surface area contributed by atoms with Crippen LogP contribution in [-0.4, -0.2) is 5.97 Å². The van der Waals surface area contributed by atoms with Gasteiger partial charge in [-0.1, -0.05) is 60.7 Å².